The summed E-state index contributed by atoms with van der Waals surface area (Å²) in [4.78, 5) is 20.0. The molecule has 4 rings (SSSR count). The minimum Gasteiger partial charge on any atom is -0.508 e. The second-order valence-electron chi connectivity index (χ2n) is 9.13. The molecule has 0 aromatic heterocycles. The number of ether oxygens (including phenoxy) is 1. The molecule has 1 N–H and O–H groups in total. The maximum absolute atomic E-state index is 13.5. The Labute approximate surface area is 195 Å². The van der Waals surface area contributed by atoms with E-state index in [9.17, 15) is 14.3 Å². The highest BCUT2D eigenvalue weighted by Crippen LogP contribution is 2.24. The quantitative estimate of drug-likeness (QED) is 0.618. The zero-order valence-electron chi connectivity index (χ0n) is 19.3. The van der Waals surface area contributed by atoms with Gasteiger partial charge in [0, 0.05) is 69.9 Å². The third-order valence-corrected chi connectivity index (χ3v) is 6.77. The molecule has 6 nitrogen and oxygen atoms in total. The van der Waals surface area contributed by atoms with Gasteiger partial charge in [-0.1, -0.05) is 19.1 Å². The molecule has 33 heavy (non-hydrogen) atoms. The molecule has 0 radical (unpaired) electrons. The van der Waals surface area contributed by atoms with Crippen LogP contribution in [0.2, 0.25) is 0 Å². The van der Waals surface area contributed by atoms with Crippen molar-refractivity contribution in [2.45, 2.75) is 13.0 Å². The van der Waals surface area contributed by atoms with Crippen LogP contribution in [0.15, 0.2) is 48.5 Å². The lowest BCUT2D eigenvalue weighted by Crippen LogP contribution is -2.51. The summed E-state index contributed by atoms with van der Waals surface area (Å²) in [5.74, 6) is -0.0158. The van der Waals surface area contributed by atoms with E-state index in [0.29, 0.717) is 5.56 Å². The molecule has 0 amide bonds. The van der Waals surface area contributed by atoms with E-state index in [0.717, 1.165) is 71.1 Å². The number of halogens is 1. The molecule has 178 valence electrons. The molecule has 7 heteroatoms. The van der Waals surface area contributed by atoms with Gasteiger partial charge in [-0.2, -0.15) is 0 Å². The number of carbonyl (C=O) groups is 1. The number of carbonyl (C=O) groups excluding carboxylic acids is 1. The Morgan fingerprint density at radius 2 is 1.48 bits per heavy atom. The van der Waals surface area contributed by atoms with E-state index in [1.165, 1.54) is 0 Å². The number of phenolic OH excluding ortho intramolecular Hbond substituents is 1. The summed E-state index contributed by atoms with van der Waals surface area (Å²) in [5, 5.41) is 9.44. The number of phenols is 1. The molecule has 2 aliphatic rings. The molecule has 0 saturated carbocycles. The van der Waals surface area contributed by atoms with Gasteiger partial charge in [-0.25, -0.2) is 4.39 Å². The zero-order valence-corrected chi connectivity index (χ0v) is 19.3. The first-order valence-corrected chi connectivity index (χ1v) is 11.8. The van der Waals surface area contributed by atoms with E-state index in [1.807, 2.05) is 19.1 Å². The van der Waals surface area contributed by atoms with Gasteiger partial charge < -0.3 is 14.7 Å². The Kier molecular flexibility index (Phi) is 8.09. The number of hydrogen-bond donors (Lipinski definition) is 1. The van der Waals surface area contributed by atoms with Crippen molar-refractivity contribution in [3.8, 4) is 5.75 Å². The second kappa shape index (κ2) is 11.2. The highest BCUT2D eigenvalue weighted by atomic mass is 19.1. The van der Waals surface area contributed by atoms with Crippen LogP contribution >= 0.6 is 0 Å². The van der Waals surface area contributed by atoms with Crippen LogP contribution in [-0.4, -0.2) is 91.2 Å². The monoisotopic (exact) mass is 455 g/mol. The third-order valence-electron chi connectivity index (χ3n) is 6.77. The van der Waals surface area contributed by atoms with Crippen molar-refractivity contribution in [3.63, 3.8) is 0 Å². The fraction of sp³-hybridized carbons (Fsp3) is 0.500. The normalized spacial score (nSPS) is 20.4. The van der Waals surface area contributed by atoms with Gasteiger partial charge in [0.05, 0.1) is 13.2 Å². The molecule has 2 saturated heterocycles. The van der Waals surface area contributed by atoms with Crippen LogP contribution < -0.4 is 0 Å². The van der Waals surface area contributed by atoms with E-state index in [2.05, 4.69) is 14.7 Å². The average Bonchev–Trinajstić information content (AvgIpc) is 2.85. The number of ketones is 1. The van der Waals surface area contributed by atoms with E-state index in [4.69, 9.17) is 4.74 Å². The molecule has 2 fully saturated rings. The number of piperazine rings is 1. The minimum atomic E-state index is -0.205. The average molecular weight is 456 g/mol. The largest absolute Gasteiger partial charge is 0.508 e. The fourth-order valence-electron chi connectivity index (χ4n) is 4.79. The Morgan fingerprint density at radius 3 is 2.09 bits per heavy atom. The number of aromatic hydroxyl groups is 1. The van der Waals surface area contributed by atoms with Gasteiger partial charge in [-0.3, -0.25) is 14.6 Å². The van der Waals surface area contributed by atoms with Gasteiger partial charge in [0.1, 0.15) is 11.6 Å². The molecule has 0 bridgehead atoms. The van der Waals surface area contributed by atoms with Crippen LogP contribution in [0.1, 0.15) is 28.9 Å². The minimum absolute atomic E-state index is 0.0959. The molecular formula is C26H34FN3O3. The lowest BCUT2D eigenvalue weighted by molar-refractivity contribution is 0.00272. The highest BCUT2D eigenvalue weighted by molar-refractivity contribution is 5.97. The van der Waals surface area contributed by atoms with Crippen LogP contribution in [0.3, 0.4) is 0 Å². The van der Waals surface area contributed by atoms with E-state index < -0.39 is 0 Å². The lowest BCUT2D eigenvalue weighted by Gasteiger charge is -2.41. The number of benzene rings is 2. The SMILES string of the molecule is C[C@H](CN1CCN(C[C@@H](c2ccc(F)cc2)N2CCOCC2)CC1)C(=O)c1ccc(O)cc1. The van der Waals surface area contributed by atoms with Crippen LogP contribution in [0, 0.1) is 11.7 Å². The van der Waals surface area contributed by atoms with Crippen molar-refractivity contribution in [3.05, 3.63) is 65.5 Å². The summed E-state index contributed by atoms with van der Waals surface area (Å²) >= 11 is 0. The summed E-state index contributed by atoms with van der Waals surface area (Å²) in [5.41, 5.74) is 1.79. The molecule has 0 unspecified atom stereocenters. The molecule has 0 spiro atoms. The molecular weight excluding hydrogens is 421 g/mol. The zero-order chi connectivity index (χ0) is 23.2. The molecule has 2 aliphatic heterocycles. The first-order valence-electron chi connectivity index (χ1n) is 11.8. The topological polar surface area (TPSA) is 56.2 Å². The van der Waals surface area contributed by atoms with Crippen LogP contribution in [0.4, 0.5) is 4.39 Å². The van der Waals surface area contributed by atoms with Gasteiger partial charge in [0.15, 0.2) is 5.78 Å². The van der Waals surface area contributed by atoms with Gasteiger partial charge in [-0.05, 0) is 42.0 Å². The summed E-state index contributed by atoms with van der Waals surface area (Å²) in [7, 11) is 0. The number of Topliss-reactive ketones (excluding diaryl/α,β-unsaturated/α-hetero) is 1. The van der Waals surface area contributed by atoms with E-state index in [-0.39, 0.29) is 29.3 Å². The Hall–Kier alpha value is -2.32. The number of hydrogen-bond acceptors (Lipinski definition) is 6. The second-order valence-corrected chi connectivity index (χ2v) is 9.13. The predicted octanol–water partition coefficient (Wildman–Crippen LogP) is 3.04. The predicted molar refractivity (Wildman–Crippen MR) is 126 cm³/mol. The summed E-state index contributed by atoms with van der Waals surface area (Å²) in [6, 6.07) is 13.6. The van der Waals surface area contributed by atoms with Crippen LogP contribution in [0.5, 0.6) is 5.75 Å². The van der Waals surface area contributed by atoms with Gasteiger partial charge in [0.25, 0.3) is 0 Å². The number of nitrogens with zero attached hydrogens (tertiary/aromatic N) is 3. The smallest absolute Gasteiger partial charge is 0.166 e. The van der Waals surface area contributed by atoms with Crippen molar-refractivity contribution < 1.29 is 19.0 Å². The molecule has 2 atom stereocenters. The first kappa shape index (κ1) is 23.8. The van der Waals surface area contributed by atoms with Crippen LogP contribution in [0.25, 0.3) is 0 Å². The summed E-state index contributed by atoms with van der Waals surface area (Å²) in [6.07, 6.45) is 0. The molecule has 2 aromatic carbocycles. The highest BCUT2D eigenvalue weighted by Gasteiger charge is 2.28. The third kappa shape index (κ3) is 6.38. The molecule has 2 heterocycles. The first-order chi connectivity index (χ1) is 16.0. The Morgan fingerprint density at radius 1 is 0.909 bits per heavy atom. The number of morpholine rings is 1. The summed E-state index contributed by atoms with van der Waals surface area (Å²) in [6.45, 7) is 10.6. The van der Waals surface area contributed by atoms with Gasteiger partial charge in [0.2, 0.25) is 0 Å². The Balaban J connectivity index is 1.31. The molecule has 0 aliphatic carbocycles. The summed E-state index contributed by atoms with van der Waals surface area (Å²) < 4.78 is 19.0. The van der Waals surface area contributed by atoms with Crippen molar-refractivity contribution in [1.29, 1.82) is 0 Å². The number of rotatable bonds is 8. The Bertz CT molecular complexity index is 892. The van der Waals surface area contributed by atoms with Gasteiger partial charge >= 0.3 is 0 Å². The molecule has 2 aromatic rings. The van der Waals surface area contributed by atoms with Gasteiger partial charge in [-0.15, -0.1) is 0 Å². The van der Waals surface area contributed by atoms with Crippen molar-refractivity contribution in [2.75, 3.05) is 65.6 Å². The van der Waals surface area contributed by atoms with Crippen LogP contribution in [-0.2, 0) is 4.74 Å². The maximum atomic E-state index is 13.5. The van der Waals surface area contributed by atoms with E-state index in [1.54, 1.807) is 36.4 Å². The van der Waals surface area contributed by atoms with Crippen molar-refractivity contribution >= 4 is 5.78 Å². The van der Waals surface area contributed by atoms with E-state index >= 15 is 0 Å². The van der Waals surface area contributed by atoms with Crippen molar-refractivity contribution in [1.82, 2.24) is 14.7 Å². The lowest BCUT2D eigenvalue weighted by atomic mass is 9.98. The standard InChI is InChI=1S/C26H34FN3O3/c1-20(26(32)22-4-8-24(31)9-5-22)18-28-10-12-29(13-11-28)19-25(30-14-16-33-17-15-30)21-2-6-23(27)7-3-21/h2-9,20,25,31H,10-19H2,1H3/t20-,25+/m1/s1. The van der Waals surface area contributed by atoms with Crippen molar-refractivity contribution in [2.24, 2.45) is 5.92 Å². The maximum Gasteiger partial charge on any atom is 0.166 e. The fourth-order valence-corrected chi connectivity index (χ4v) is 4.79.